The lowest BCUT2D eigenvalue weighted by atomic mass is 10.2. The molecule has 0 atom stereocenters. The van der Waals surface area contributed by atoms with Gasteiger partial charge in [-0.2, -0.15) is 0 Å². The van der Waals surface area contributed by atoms with Crippen molar-refractivity contribution >= 4 is 27.7 Å². The van der Waals surface area contributed by atoms with E-state index in [0.717, 1.165) is 0 Å². The van der Waals surface area contributed by atoms with Crippen molar-refractivity contribution < 1.29 is 14.0 Å². The lowest BCUT2D eigenvalue weighted by Gasteiger charge is -2.06. The number of amides is 2. The fourth-order valence-electron chi connectivity index (χ4n) is 1.18. The van der Waals surface area contributed by atoms with E-state index in [2.05, 4.69) is 26.6 Å². The van der Waals surface area contributed by atoms with Crippen LogP contribution >= 0.6 is 15.9 Å². The molecular weight excluding hydrogens is 291 g/mol. The standard InChI is InChI=1S/C11H12BrFN2O2/c1-14-10(16)4-5-15-11(17)8-3-2-7(13)6-9(8)12/h2-3,6H,4-5H2,1H3,(H,14,16)(H,15,17). The summed E-state index contributed by atoms with van der Waals surface area (Å²) >= 11 is 3.10. The van der Waals surface area contributed by atoms with Crippen LogP contribution in [-0.2, 0) is 4.79 Å². The van der Waals surface area contributed by atoms with Crippen LogP contribution in [0.25, 0.3) is 0 Å². The van der Waals surface area contributed by atoms with Gasteiger partial charge < -0.3 is 10.6 Å². The van der Waals surface area contributed by atoms with Crippen LogP contribution in [0.3, 0.4) is 0 Å². The van der Waals surface area contributed by atoms with Gasteiger partial charge in [-0.05, 0) is 34.1 Å². The molecule has 1 rings (SSSR count). The van der Waals surface area contributed by atoms with Gasteiger partial charge in [0, 0.05) is 24.5 Å². The first-order valence-electron chi connectivity index (χ1n) is 4.98. The van der Waals surface area contributed by atoms with Crippen molar-refractivity contribution in [3.63, 3.8) is 0 Å². The van der Waals surface area contributed by atoms with Gasteiger partial charge in [0.05, 0.1) is 5.56 Å². The number of hydrogen-bond donors (Lipinski definition) is 2. The molecule has 0 radical (unpaired) electrons. The second-order valence-electron chi connectivity index (χ2n) is 3.30. The Hall–Kier alpha value is -1.43. The van der Waals surface area contributed by atoms with Crippen molar-refractivity contribution in [2.45, 2.75) is 6.42 Å². The summed E-state index contributed by atoms with van der Waals surface area (Å²) < 4.78 is 13.2. The van der Waals surface area contributed by atoms with Gasteiger partial charge in [-0.3, -0.25) is 9.59 Å². The van der Waals surface area contributed by atoms with Crippen LogP contribution in [0.2, 0.25) is 0 Å². The van der Waals surface area contributed by atoms with Gasteiger partial charge in [0.1, 0.15) is 5.82 Å². The molecule has 1 aromatic carbocycles. The lowest BCUT2D eigenvalue weighted by molar-refractivity contribution is -0.120. The van der Waals surface area contributed by atoms with E-state index in [1.54, 1.807) is 0 Å². The summed E-state index contributed by atoms with van der Waals surface area (Å²) in [6, 6.07) is 3.81. The minimum Gasteiger partial charge on any atom is -0.359 e. The fourth-order valence-corrected chi connectivity index (χ4v) is 1.71. The van der Waals surface area contributed by atoms with E-state index < -0.39 is 5.82 Å². The van der Waals surface area contributed by atoms with Crippen LogP contribution in [0, 0.1) is 5.82 Å². The van der Waals surface area contributed by atoms with Crippen molar-refractivity contribution in [2.24, 2.45) is 0 Å². The number of carbonyl (C=O) groups is 2. The van der Waals surface area contributed by atoms with E-state index in [9.17, 15) is 14.0 Å². The molecular formula is C11H12BrFN2O2. The minimum absolute atomic E-state index is 0.150. The molecule has 2 amide bonds. The van der Waals surface area contributed by atoms with E-state index in [0.29, 0.717) is 10.0 Å². The Morgan fingerprint density at radius 1 is 1.41 bits per heavy atom. The van der Waals surface area contributed by atoms with Crippen molar-refractivity contribution in [3.05, 3.63) is 34.1 Å². The second-order valence-corrected chi connectivity index (χ2v) is 4.16. The summed E-state index contributed by atoms with van der Waals surface area (Å²) in [5, 5.41) is 5.02. The zero-order valence-corrected chi connectivity index (χ0v) is 10.8. The third-order valence-corrected chi connectivity index (χ3v) is 2.75. The highest BCUT2D eigenvalue weighted by atomic mass is 79.9. The third-order valence-electron chi connectivity index (χ3n) is 2.09. The Balaban J connectivity index is 2.55. The molecule has 0 saturated heterocycles. The molecule has 0 aliphatic rings. The van der Waals surface area contributed by atoms with Crippen molar-refractivity contribution in [3.8, 4) is 0 Å². The van der Waals surface area contributed by atoms with Gasteiger partial charge in [-0.15, -0.1) is 0 Å². The van der Waals surface area contributed by atoms with Crippen LogP contribution in [0.1, 0.15) is 16.8 Å². The predicted octanol–water partition coefficient (Wildman–Crippen LogP) is 1.45. The summed E-state index contributed by atoms with van der Waals surface area (Å²) in [6.45, 7) is 0.238. The summed E-state index contributed by atoms with van der Waals surface area (Å²) in [5.74, 6) is -0.914. The third kappa shape index (κ3) is 4.14. The molecule has 92 valence electrons. The molecule has 0 heterocycles. The van der Waals surface area contributed by atoms with E-state index >= 15 is 0 Å². The maximum Gasteiger partial charge on any atom is 0.252 e. The zero-order chi connectivity index (χ0) is 12.8. The van der Waals surface area contributed by atoms with E-state index in [1.807, 2.05) is 0 Å². The SMILES string of the molecule is CNC(=O)CCNC(=O)c1ccc(F)cc1Br. The first-order chi connectivity index (χ1) is 8.04. The maximum absolute atomic E-state index is 12.8. The van der Waals surface area contributed by atoms with Crippen molar-refractivity contribution in [1.29, 1.82) is 0 Å². The Labute approximate surface area is 107 Å². The van der Waals surface area contributed by atoms with Gasteiger partial charge in [0.2, 0.25) is 5.91 Å². The molecule has 0 saturated carbocycles. The average Bonchev–Trinajstić information content (AvgIpc) is 2.28. The highest BCUT2D eigenvalue weighted by Crippen LogP contribution is 2.17. The molecule has 0 aliphatic heterocycles. The van der Waals surface area contributed by atoms with Crippen molar-refractivity contribution in [1.82, 2.24) is 10.6 Å². The van der Waals surface area contributed by atoms with Crippen LogP contribution in [0.5, 0.6) is 0 Å². The lowest BCUT2D eigenvalue weighted by Crippen LogP contribution is -2.29. The van der Waals surface area contributed by atoms with E-state index in [4.69, 9.17) is 0 Å². The summed E-state index contributed by atoms with van der Waals surface area (Å²) in [7, 11) is 1.53. The molecule has 0 bridgehead atoms. The number of halogens is 2. The molecule has 4 nitrogen and oxygen atoms in total. The average molecular weight is 303 g/mol. The Kier molecular flexibility index (Phi) is 5.09. The molecule has 0 aromatic heterocycles. The van der Waals surface area contributed by atoms with E-state index in [1.165, 1.54) is 25.2 Å². The van der Waals surface area contributed by atoms with Crippen molar-refractivity contribution in [2.75, 3.05) is 13.6 Å². The molecule has 17 heavy (non-hydrogen) atoms. The Morgan fingerprint density at radius 3 is 2.71 bits per heavy atom. The number of nitrogens with one attached hydrogen (secondary N) is 2. The first-order valence-corrected chi connectivity index (χ1v) is 5.77. The van der Waals surface area contributed by atoms with E-state index in [-0.39, 0.29) is 24.8 Å². The molecule has 1 aromatic rings. The Morgan fingerprint density at radius 2 is 2.12 bits per heavy atom. The first kappa shape index (κ1) is 13.6. The van der Waals surface area contributed by atoms with Gasteiger partial charge in [-0.1, -0.05) is 0 Å². The molecule has 0 fully saturated rings. The maximum atomic E-state index is 12.8. The van der Waals surface area contributed by atoms with Gasteiger partial charge >= 0.3 is 0 Å². The molecule has 0 unspecified atom stereocenters. The number of carbonyl (C=O) groups excluding carboxylic acids is 2. The summed E-state index contributed by atoms with van der Waals surface area (Å²) in [6.07, 6.45) is 0.209. The van der Waals surface area contributed by atoms with Crippen LogP contribution in [-0.4, -0.2) is 25.4 Å². The quantitative estimate of drug-likeness (QED) is 0.884. The van der Waals surface area contributed by atoms with Gasteiger partial charge in [0.15, 0.2) is 0 Å². The fraction of sp³-hybridized carbons (Fsp3) is 0.273. The minimum atomic E-state index is -0.418. The molecule has 0 aliphatic carbocycles. The molecule has 6 heteroatoms. The van der Waals surface area contributed by atoms with Gasteiger partial charge in [-0.25, -0.2) is 4.39 Å². The topological polar surface area (TPSA) is 58.2 Å². The largest absolute Gasteiger partial charge is 0.359 e. The highest BCUT2D eigenvalue weighted by molar-refractivity contribution is 9.10. The number of hydrogen-bond acceptors (Lipinski definition) is 2. The summed E-state index contributed by atoms with van der Waals surface area (Å²) in [5.41, 5.74) is 0.336. The highest BCUT2D eigenvalue weighted by Gasteiger charge is 2.10. The number of rotatable bonds is 4. The Bertz CT molecular complexity index is 437. The number of benzene rings is 1. The van der Waals surface area contributed by atoms with Crippen LogP contribution in [0.15, 0.2) is 22.7 Å². The monoisotopic (exact) mass is 302 g/mol. The normalized spacial score (nSPS) is 9.82. The van der Waals surface area contributed by atoms with Crippen LogP contribution in [0.4, 0.5) is 4.39 Å². The second kappa shape index (κ2) is 6.34. The summed E-state index contributed by atoms with van der Waals surface area (Å²) in [4.78, 5) is 22.6. The van der Waals surface area contributed by atoms with Crippen LogP contribution < -0.4 is 10.6 Å². The molecule has 0 spiro atoms. The van der Waals surface area contributed by atoms with Gasteiger partial charge in [0.25, 0.3) is 5.91 Å². The molecule has 2 N–H and O–H groups in total. The smallest absolute Gasteiger partial charge is 0.252 e. The zero-order valence-electron chi connectivity index (χ0n) is 9.22. The predicted molar refractivity (Wildman–Crippen MR) is 65.1 cm³/mol.